The smallest absolute Gasteiger partial charge is 0.224 e. The minimum Gasteiger partial charge on any atom is -0.492 e. The predicted octanol–water partition coefficient (Wildman–Crippen LogP) is 0.925. The van der Waals surface area contributed by atoms with Crippen LogP contribution in [0, 0.1) is 12.8 Å². The number of ether oxygens (including phenoxy) is 1. The molecule has 0 bridgehead atoms. The number of aryl methyl sites for hydroxylation is 1. The number of hydrogen-bond acceptors (Lipinski definition) is 4. The van der Waals surface area contributed by atoms with Crippen LogP contribution in [0.3, 0.4) is 0 Å². The molecule has 0 saturated carbocycles. The lowest BCUT2D eigenvalue weighted by Gasteiger charge is -2.10. The van der Waals surface area contributed by atoms with Crippen molar-refractivity contribution in [3.05, 3.63) is 29.8 Å². The van der Waals surface area contributed by atoms with Gasteiger partial charge >= 0.3 is 0 Å². The van der Waals surface area contributed by atoms with Gasteiger partial charge in [-0.3, -0.25) is 4.79 Å². The van der Waals surface area contributed by atoms with Crippen LogP contribution >= 0.6 is 0 Å². The van der Waals surface area contributed by atoms with Crippen molar-refractivity contribution in [2.45, 2.75) is 13.3 Å². The van der Waals surface area contributed by atoms with Crippen molar-refractivity contribution in [1.29, 1.82) is 0 Å². The molecule has 1 heterocycles. The number of carbonyl (C=O) groups is 1. The van der Waals surface area contributed by atoms with Gasteiger partial charge in [-0.25, -0.2) is 8.42 Å². The first kappa shape index (κ1) is 14.8. The van der Waals surface area contributed by atoms with Crippen molar-refractivity contribution in [2.75, 3.05) is 24.7 Å². The van der Waals surface area contributed by atoms with Crippen LogP contribution in [0.25, 0.3) is 0 Å². The van der Waals surface area contributed by atoms with Gasteiger partial charge in [0.1, 0.15) is 12.4 Å². The zero-order valence-corrected chi connectivity index (χ0v) is 12.3. The second kappa shape index (κ2) is 6.26. The van der Waals surface area contributed by atoms with Gasteiger partial charge in [0.25, 0.3) is 0 Å². The Labute approximate surface area is 119 Å². The SMILES string of the molecule is Cc1ccc(OCCNC(=O)C2CCS(=O)(=O)C2)cc1. The van der Waals surface area contributed by atoms with E-state index in [4.69, 9.17) is 4.74 Å². The van der Waals surface area contributed by atoms with Crippen LogP contribution in [0.1, 0.15) is 12.0 Å². The first-order valence-corrected chi connectivity index (χ1v) is 8.46. The topological polar surface area (TPSA) is 72.5 Å². The molecule has 1 aromatic rings. The van der Waals surface area contributed by atoms with Gasteiger partial charge in [0, 0.05) is 0 Å². The second-order valence-electron chi connectivity index (χ2n) is 5.05. The van der Waals surface area contributed by atoms with E-state index < -0.39 is 15.8 Å². The molecule has 1 amide bonds. The molecule has 0 radical (unpaired) electrons. The molecular formula is C14H19NO4S. The van der Waals surface area contributed by atoms with E-state index in [9.17, 15) is 13.2 Å². The van der Waals surface area contributed by atoms with Crippen molar-refractivity contribution < 1.29 is 17.9 Å². The maximum Gasteiger partial charge on any atom is 0.224 e. The van der Waals surface area contributed by atoms with Crippen LogP contribution in [0.15, 0.2) is 24.3 Å². The molecule has 6 heteroatoms. The Kier molecular flexibility index (Phi) is 4.65. The molecule has 0 spiro atoms. The van der Waals surface area contributed by atoms with Gasteiger partial charge < -0.3 is 10.1 Å². The summed E-state index contributed by atoms with van der Waals surface area (Å²) >= 11 is 0. The third-order valence-electron chi connectivity index (χ3n) is 3.29. The number of sulfone groups is 1. The summed E-state index contributed by atoms with van der Waals surface area (Å²) in [6, 6.07) is 7.66. The molecule has 1 aromatic carbocycles. The molecule has 5 nitrogen and oxygen atoms in total. The van der Waals surface area contributed by atoms with E-state index >= 15 is 0 Å². The highest BCUT2D eigenvalue weighted by atomic mass is 32.2. The number of rotatable bonds is 5. The largest absolute Gasteiger partial charge is 0.492 e. The van der Waals surface area contributed by atoms with Gasteiger partial charge in [0.2, 0.25) is 5.91 Å². The fourth-order valence-electron chi connectivity index (χ4n) is 2.12. The molecular weight excluding hydrogens is 278 g/mol. The molecule has 2 rings (SSSR count). The van der Waals surface area contributed by atoms with E-state index in [1.165, 1.54) is 0 Å². The zero-order valence-electron chi connectivity index (χ0n) is 11.5. The summed E-state index contributed by atoms with van der Waals surface area (Å²) in [5.74, 6) is 0.244. The van der Waals surface area contributed by atoms with Gasteiger partial charge in [-0.2, -0.15) is 0 Å². The van der Waals surface area contributed by atoms with Crippen molar-refractivity contribution in [1.82, 2.24) is 5.32 Å². The highest BCUT2D eigenvalue weighted by Gasteiger charge is 2.32. The highest BCUT2D eigenvalue weighted by molar-refractivity contribution is 7.91. The lowest BCUT2D eigenvalue weighted by atomic mass is 10.1. The fourth-order valence-corrected chi connectivity index (χ4v) is 3.87. The van der Waals surface area contributed by atoms with E-state index in [1.54, 1.807) is 0 Å². The first-order valence-electron chi connectivity index (χ1n) is 6.64. The van der Waals surface area contributed by atoms with Gasteiger partial charge in [0.15, 0.2) is 9.84 Å². The van der Waals surface area contributed by atoms with Crippen LogP contribution in [0.5, 0.6) is 5.75 Å². The summed E-state index contributed by atoms with van der Waals surface area (Å²) < 4.78 is 28.0. The maximum absolute atomic E-state index is 11.8. The Bertz CT molecular complexity index is 565. The molecule has 110 valence electrons. The van der Waals surface area contributed by atoms with Gasteiger partial charge in [0.05, 0.1) is 24.0 Å². The highest BCUT2D eigenvalue weighted by Crippen LogP contribution is 2.18. The molecule has 1 atom stereocenters. The molecule has 1 N–H and O–H groups in total. The minimum absolute atomic E-state index is 0.0301. The van der Waals surface area contributed by atoms with Crippen LogP contribution in [-0.2, 0) is 14.6 Å². The Hall–Kier alpha value is -1.56. The molecule has 1 aliphatic heterocycles. The van der Waals surface area contributed by atoms with Crippen LogP contribution < -0.4 is 10.1 Å². The molecule has 0 aromatic heterocycles. The molecule has 1 unspecified atom stereocenters. The van der Waals surface area contributed by atoms with E-state index in [1.807, 2.05) is 31.2 Å². The van der Waals surface area contributed by atoms with E-state index in [0.29, 0.717) is 19.6 Å². The first-order chi connectivity index (χ1) is 9.46. The maximum atomic E-state index is 11.8. The van der Waals surface area contributed by atoms with Crippen LogP contribution in [0.4, 0.5) is 0 Å². The van der Waals surface area contributed by atoms with Crippen LogP contribution in [-0.4, -0.2) is 39.0 Å². The Balaban J connectivity index is 1.68. The van der Waals surface area contributed by atoms with E-state index in [2.05, 4.69) is 5.32 Å². The molecule has 0 aliphatic carbocycles. The Morgan fingerprint density at radius 3 is 2.65 bits per heavy atom. The van der Waals surface area contributed by atoms with E-state index in [0.717, 1.165) is 11.3 Å². The van der Waals surface area contributed by atoms with Crippen molar-refractivity contribution in [3.63, 3.8) is 0 Å². The van der Waals surface area contributed by atoms with Gasteiger partial charge in [-0.15, -0.1) is 0 Å². The number of amides is 1. The Morgan fingerprint density at radius 2 is 2.05 bits per heavy atom. The molecule has 1 saturated heterocycles. The van der Waals surface area contributed by atoms with Crippen molar-refractivity contribution in [2.24, 2.45) is 5.92 Å². The molecule has 20 heavy (non-hydrogen) atoms. The second-order valence-corrected chi connectivity index (χ2v) is 7.28. The van der Waals surface area contributed by atoms with Crippen LogP contribution in [0.2, 0.25) is 0 Å². The van der Waals surface area contributed by atoms with Crippen molar-refractivity contribution in [3.8, 4) is 5.75 Å². The average molecular weight is 297 g/mol. The van der Waals surface area contributed by atoms with E-state index in [-0.39, 0.29) is 17.4 Å². The third kappa shape index (κ3) is 4.23. The Morgan fingerprint density at radius 1 is 1.35 bits per heavy atom. The average Bonchev–Trinajstić information content (AvgIpc) is 2.77. The number of benzene rings is 1. The fraction of sp³-hybridized carbons (Fsp3) is 0.500. The normalized spacial score (nSPS) is 20.6. The summed E-state index contributed by atoms with van der Waals surface area (Å²) in [4.78, 5) is 11.8. The number of hydrogen-bond donors (Lipinski definition) is 1. The summed E-state index contributed by atoms with van der Waals surface area (Å²) in [5, 5.41) is 2.72. The molecule has 1 aliphatic rings. The summed E-state index contributed by atoms with van der Waals surface area (Å²) in [6.07, 6.45) is 0.424. The third-order valence-corrected chi connectivity index (χ3v) is 5.06. The number of carbonyl (C=O) groups excluding carboxylic acids is 1. The summed E-state index contributed by atoms with van der Waals surface area (Å²) in [5.41, 5.74) is 1.16. The monoisotopic (exact) mass is 297 g/mol. The number of nitrogens with one attached hydrogen (secondary N) is 1. The van der Waals surface area contributed by atoms with Gasteiger partial charge in [-0.1, -0.05) is 17.7 Å². The van der Waals surface area contributed by atoms with Gasteiger partial charge in [-0.05, 0) is 25.5 Å². The quantitative estimate of drug-likeness (QED) is 0.821. The summed E-state index contributed by atoms with van der Waals surface area (Å²) in [7, 11) is -3.01. The zero-order chi connectivity index (χ0) is 14.6. The minimum atomic E-state index is -3.01. The predicted molar refractivity (Wildman–Crippen MR) is 76.4 cm³/mol. The standard InChI is InChI=1S/C14H19NO4S/c1-11-2-4-13(5-3-11)19-8-7-15-14(16)12-6-9-20(17,18)10-12/h2-5,12H,6-10H2,1H3,(H,15,16). The molecule has 1 fully saturated rings. The lowest BCUT2D eigenvalue weighted by molar-refractivity contribution is -0.124. The lowest BCUT2D eigenvalue weighted by Crippen LogP contribution is -2.34. The summed E-state index contributed by atoms with van der Waals surface area (Å²) in [6.45, 7) is 2.75. The van der Waals surface area contributed by atoms with Crippen molar-refractivity contribution >= 4 is 15.7 Å².